The van der Waals surface area contributed by atoms with E-state index in [0.717, 1.165) is 0 Å². The molecule has 0 heterocycles. The monoisotopic (exact) mass is 386 g/mol. The smallest absolute Gasteiger partial charge is 0.293 e. The molecule has 0 rings (SSSR count). The lowest BCUT2D eigenvalue weighted by Crippen LogP contribution is -2.44. The summed E-state index contributed by atoms with van der Waals surface area (Å²) in [6.45, 7) is 11.2. The first-order chi connectivity index (χ1) is 8.15. The Hall–Kier alpha value is 0.0769. The van der Waals surface area contributed by atoms with Crippen LogP contribution in [0.25, 0.3) is 0 Å². The van der Waals surface area contributed by atoms with Crippen molar-refractivity contribution in [1.29, 1.82) is 0 Å². The van der Waals surface area contributed by atoms with Crippen molar-refractivity contribution in [1.82, 2.24) is 0 Å². The molecule has 0 bridgehead atoms. The van der Waals surface area contributed by atoms with Crippen LogP contribution < -0.4 is 0 Å². The van der Waals surface area contributed by atoms with E-state index in [2.05, 4.69) is 33.9 Å². The van der Waals surface area contributed by atoms with Crippen LogP contribution in [0.4, 0.5) is 0 Å². The van der Waals surface area contributed by atoms with Gasteiger partial charge >= 0.3 is 0 Å². The van der Waals surface area contributed by atoms with E-state index in [1.807, 2.05) is 22.6 Å². The number of aliphatic hydroxyl groups excluding tert-OH is 1. The van der Waals surface area contributed by atoms with Gasteiger partial charge in [-0.15, -0.1) is 0 Å². The molecule has 0 aromatic rings. The Morgan fingerprint density at radius 1 is 1.39 bits per heavy atom. The molecule has 0 saturated heterocycles. The first-order valence-electron chi connectivity index (χ1n) is 5.83. The van der Waals surface area contributed by atoms with Crippen LogP contribution in [0.5, 0.6) is 0 Å². The van der Waals surface area contributed by atoms with Crippen molar-refractivity contribution in [2.45, 2.75) is 51.1 Å². The molecule has 2 atom stereocenters. The molecule has 18 heavy (non-hydrogen) atoms. The molecule has 0 aromatic carbocycles. The molecule has 106 valence electrons. The predicted molar refractivity (Wildman–Crippen MR) is 83.3 cm³/mol. The van der Waals surface area contributed by atoms with Gasteiger partial charge in [-0.05, 0) is 28.3 Å². The molecule has 0 radical (unpaired) electrons. The van der Waals surface area contributed by atoms with E-state index in [1.165, 1.54) is 0 Å². The van der Waals surface area contributed by atoms with Gasteiger partial charge in [-0.25, -0.2) is 0 Å². The second kappa shape index (κ2) is 7.61. The Morgan fingerprint density at radius 3 is 2.33 bits per heavy atom. The number of carbonyl (C=O) groups is 1. The fourth-order valence-corrected chi connectivity index (χ4v) is 2.43. The zero-order valence-electron chi connectivity index (χ0n) is 11.6. The molecule has 0 spiro atoms. The summed E-state index contributed by atoms with van der Waals surface area (Å²) in [6, 6.07) is 0. The first kappa shape index (κ1) is 18.1. The molecule has 1 N–H and O–H groups in total. The molecule has 6 heteroatoms. The Kier molecular flexibility index (Phi) is 7.65. The van der Waals surface area contributed by atoms with Gasteiger partial charge in [0.05, 0.1) is 6.61 Å². The van der Waals surface area contributed by atoms with Crippen LogP contribution in [0.2, 0.25) is 18.1 Å². The molecule has 0 aromatic heterocycles. The van der Waals surface area contributed by atoms with Crippen LogP contribution in [0.1, 0.15) is 20.8 Å². The summed E-state index contributed by atoms with van der Waals surface area (Å²) in [5.74, 6) is 0. The van der Waals surface area contributed by atoms with Gasteiger partial charge in [0, 0.05) is 0 Å². The van der Waals surface area contributed by atoms with Crippen molar-refractivity contribution in [2.75, 3.05) is 6.61 Å². The molecular formula is C12H23IO4Si. The summed E-state index contributed by atoms with van der Waals surface area (Å²) in [6.07, 6.45) is 0.147. The second-order valence-corrected chi connectivity index (χ2v) is 11.2. The van der Waals surface area contributed by atoms with Crippen molar-refractivity contribution in [3.8, 4) is 0 Å². The van der Waals surface area contributed by atoms with E-state index in [4.69, 9.17) is 9.16 Å². The number of carbonyl (C=O) groups excluding carboxylic acids is 1. The van der Waals surface area contributed by atoms with Gasteiger partial charge in [0.1, 0.15) is 12.2 Å². The van der Waals surface area contributed by atoms with E-state index >= 15 is 0 Å². The lowest BCUT2D eigenvalue weighted by molar-refractivity contribution is -0.137. The maximum Gasteiger partial charge on any atom is 0.293 e. The third-order valence-electron chi connectivity index (χ3n) is 3.28. The SMILES string of the molecule is CC(C)(C)[Si](C)(C)OC[C@@H](O)[C@H](/C=C/I)OC=O. The second-order valence-electron chi connectivity index (χ2n) is 5.65. The third kappa shape index (κ3) is 5.81. The number of aliphatic hydroxyl groups is 1. The summed E-state index contributed by atoms with van der Waals surface area (Å²) in [5, 5.41) is 10.0. The minimum Gasteiger partial charge on any atom is -0.457 e. The fraction of sp³-hybridized carbons (Fsp3) is 0.750. The van der Waals surface area contributed by atoms with Gasteiger partial charge in [-0.3, -0.25) is 4.79 Å². The van der Waals surface area contributed by atoms with Crippen LogP contribution in [-0.4, -0.2) is 38.7 Å². The largest absolute Gasteiger partial charge is 0.457 e. The number of rotatable bonds is 7. The Morgan fingerprint density at radius 2 is 1.94 bits per heavy atom. The highest BCUT2D eigenvalue weighted by atomic mass is 127. The van der Waals surface area contributed by atoms with Crippen molar-refractivity contribution in [3.05, 3.63) is 10.2 Å². The topological polar surface area (TPSA) is 55.8 Å². The number of ether oxygens (including phenoxy) is 1. The van der Waals surface area contributed by atoms with Gasteiger partial charge in [-0.2, -0.15) is 0 Å². The van der Waals surface area contributed by atoms with E-state index in [0.29, 0.717) is 6.47 Å². The number of hydrogen-bond donors (Lipinski definition) is 1. The van der Waals surface area contributed by atoms with Gasteiger partial charge in [0.15, 0.2) is 8.32 Å². The summed E-state index contributed by atoms with van der Waals surface area (Å²) in [5.41, 5.74) is 0. The molecule has 0 aliphatic carbocycles. The molecule has 0 unspecified atom stereocenters. The van der Waals surface area contributed by atoms with Gasteiger partial charge < -0.3 is 14.3 Å². The minimum absolute atomic E-state index is 0.0901. The Labute approximate surface area is 124 Å². The number of halogens is 1. The summed E-state index contributed by atoms with van der Waals surface area (Å²) < 4.78 is 12.4. The van der Waals surface area contributed by atoms with Crippen molar-refractivity contribution >= 4 is 37.4 Å². The summed E-state index contributed by atoms with van der Waals surface area (Å²) >= 11 is 2.01. The predicted octanol–water partition coefficient (Wildman–Crippen LogP) is 2.86. The average Bonchev–Trinajstić information content (AvgIpc) is 2.24. The molecule has 4 nitrogen and oxygen atoms in total. The van der Waals surface area contributed by atoms with E-state index < -0.39 is 20.5 Å². The van der Waals surface area contributed by atoms with Crippen molar-refractivity contribution in [2.24, 2.45) is 0 Å². The van der Waals surface area contributed by atoms with Crippen LogP contribution in [0.15, 0.2) is 10.2 Å². The van der Waals surface area contributed by atoms with Crippen molar-refractivity contribution < 1.29 is 19.1 Å². The van der Waals surface area contributed by atoms with Gasteiger partial charge in [0.2, 0.25) is 0 Å². The van der Waals surface area contributed by atoms with Crippen LogP contribution in [0, 0.1) is 0 Å². The Balaban J connectivity index is 4.47. The highest BCUT2D eigenvalue weighted by molar-refractivity contribution is 14.1. The first-order valence-corrected chi connectivity index (χ1v) is 9.99. The molecule has 0 amide bonds. The molecule has 0 aliphatic heterocycles. The lowest BCUT2D eigenvalue weighted by Gasteiger charge is -2.37. The molecular weight excluding hydrogens is 363 g/mol. The summed E-state index contributed by atoms with van der Waals surface area (Å²) in [7, 11) is -1.89. The van der Waals surface area contributed by atoms with Crippen LogP contribution in [0.3, 0.4) is 0 Å². The molecule has 0 saturated carbocycles. The summed E-state index contributed by atoms with van der Waals surface area (Å²) in [4.78, 5) is 10.4. The van der Waals surface area contributed by atoms with Crippen molar-refractivity contribution in [3.63, 3.8) is 0 Å². The molecule has 0 aliphatic rings. The highest BCUT2D eigenvalue weighted by Gasteiger charge is 2.38. The quantitative estimate of drug-likeness (QED) is 0.415. The lowest BCUT2D eigenvalue weighted by atomic mass is 10.2. The van der Waals surface area contributed by atoms with E-state index in [-0.39, 0.29) is 11.6 Å². The number of hydrogen-bond acceptors (Lipinski definition) is 4. The standard InChI is InChI=1S/C12H23IO4Si/c1-12(2,3)18(4,5)17-8-10(15)11(6-7-13)16-9-14/h6-7,9-11,15H,8H2,1-5H3/b7-6+/t10-,11+/m1/s1. The maximum absolute atomic E-state index is 10.4. The maximum atomic E-state index is 10.4. The zero-order valence-corrected chi connectivity index (χ0v) is 14.8. The minimum atomic E-state index is -1.89. The average molecular weight is 386 g/mol. The van der Waals surface area contributed by atoms with Gasteiger partial charge in [-0.1, -0.05) is 43.4 Å². The van der Waals surface area contributed by atoms with E-state index in [9.17, 15) is 9.90 Å². The van der Waals surface area contributed by atoms with Crippen LogP contribution >= 0.6 is 22.6 Å². The highest BCUT2D eigenvalue weighted by Crippen LogP contribution is 2.36. The van der Waals surface area contributed by atoms with Crippen LogP contribution in [-0.2, 0) is 14.0 Å². The van der Waals surface area contributed by atoms with E-state index in [1.54, 1.807) is 10.2 Å². The third-order valence-corrected chi connectivity index (χ3v) is 8.19. The fourth-order valence-electron chi connectivity index (χ4n) is 1.01. The van der Waals surface area contributed by atoms with Gasteiger partial charge in [0.25, 0.3) is 6.47 Å². The molecule has 0 fully saturated rings. The Bertz CT molecular complexity index is 286. The normalized spacial score (nSPS) is 16.6. The zero-order chi connectivity index (χ0) is 14.4.